The number of carbonyl (C=O) groups excluding carboxylic acids is 1. The first kappa shape index (κ1) is 20.7. The van der Waals surface area contributed by atoms with Crippen molar-refractivity contribution in [2.75, 3.05) is 24.5 Å². The monoisotopic (exact) mass is 422 g/mol. The average Bonchev–Trinajstić information content (AvgIpc) is 2.71. The Labute approximate surface area is 174 Å². The Kier molecular flexibility index (Phi) is 6.97. The molecule has 2 aromatic rings. The maximum absolute atomic E-state index is 12.7. The Morgan fingerprint density at radius 1 is 1.29 bits per heavy atom. The third-order valence-electron chi connectivity index (χ3n) is 4.93. The molecule has 0 saturated carbocycles. The van der Waals surface area contributed by atoms with E-state index in [4.69, 9.17) is 23.2 Å². The fourth-order valence-corrected chi connectivity index (χ4v) is 3.73. The zero-order valence-electron chi connectivity index (χ0n) is 15.8. The summed E-state index contributed by atoms with van der Waals surface area (Å²) in [5.41, 5.74) is 0.772. The van der Waals surface area contributed by atoms with Gasteiger partial charge in [-0.3, -0.25) is 9.59 Å². The highest BCUT2D eigenvalue weighted by Crippen LogP contribution is 2.27. The molecule has 0 bridgehead atoms. The summed E-state index contributed by atoms with van der Waals surface area (Å²) in [6, 6.07) is 6.81. The molecule has 1 aliphatic heterocycles. The molecule has 0 aliphatic carbocycles. The Balaban J connectivity index is 1.78. The third-order valence-corrected chi connectivity index (χ3v) is 5.54. The maximum atomic E-state index is 12.7. The van der Waals surface area contributed by atoms with Crippen LogP contribution in [0.5, 0.6) is 0 Å². The zero-order valence-corrected chi connectivity index (χ0v) is 17.3. The van der Waals surface area contributed by atoms with Crippen molar-refractivity contribution in [1.29, 1.82) is 0 Å². The standard InChI is InChI=1S/C20H24Cl2N4O2/c1-2-3-10-23-19(27)14-5-4-11-25(13-14)17-12-24-26(20(28)18(17)22)16-8-6-15(21)7-9-16/h6-9,12,14H,2-5,10-11,13H2,1H3,(H,23,27). The van der Waals surface area contributed by atoms with Crippen molar-refractivity contribution in [2.24, 2.45) is 5.92 Å². The van der Waals surface area contributed by atoms with Crippen LogP contribution in [0.1, 0.15) is 32.6 Å². The van der Waals surface area contributed by atoms with Gasteiger partial charge in [0.05, 0.1) is 23.5 Å². The highest BCUT2D eigenvalue weighted by Gasteiger charge is 2.27. The van der Waals surface area contributed by atoms with Crippen LogP contribution >= 0.6 is 23.2 Å². The van der Waals surface area contributed by atoms with Crippen LogP contribution in [0, 0.1) is 5.92 Å². The number of benzene rings is 1. The molecule has 1 aliphatic rings. The molecular weight excluding hydrogens is 399 g/mol. The summed E-state index contributed by atoms with van der Waals surface area (Å²) in [6.07, 6.45) is 5.31. The number of anilines is 1. The number of aromatic nitrogens is 2. The number of rotatable bonds is 6. The lowest BCUT2D eigenvalue weighted by Gasteiger charge is -2.33. The van der Waals surface area contributed by atoms with Crippen LogP contribution in [-0.2, 0) is 4.79 Å². The van der Waals surface area contributed by atoms with Crippen LogP contribution in [0.4, 0.5) is 5.69 Å². The van der Waals surface area contributed by atoms with Gasteiger partial charge in [0, 0.05) is 24.7 Å². The van der Waals surface area contributed by atoms with Crippen LogP contribution in [0.15, 0.2) is 35.3 Å². The average molecular weight is 423 g/mol. The molecule has 3 rings (SSSR count). The maximum Gasteiger partial charge on any atom is 0.292 e. The first-order valence-corrected chi connectivity index (χ1v) is 10.3. The van der Waals surface area contributed by atoms with Gasteiger partial charge >= 0.3 is 0 Å². The number of nitrogens with one attached hydrogen (secondary N) is 1. The molecule has 1 saturated heterocycles. The Hall–Kier alpha value is -2.05. The molecule has 1 amide bonds. The minimum Gasteiger partial charge on any atom is -0.368 e. The molecule has 1 N–H and O–H groups in total. The van der Waals surface area contributed by atoms with Crippen molar-refractivity contribution in [3.05, 3.63) is 50.9 Å². The van der Waals surface area contributed by atoms with E-state index in [1.54, 1.807) is 30.5 Å². The van der Waals surface area contributed by atoms with E-state index >= 15 is 0 Å². The minimum absolute atomic E-state index is 0.0664. The minimum atomic E-state index is -0.393. The first-order valence-electron chi connectivity index (χ1n) is 9.57. The molecular formula is C20H24Cl2N4O2. The number of halogens is 2. The highest BCUT2D eigenvalue weighted by molar-refractivity contribution is 6.33. The second-order valence-electron chi connectivity index (χ2n) is 6.97. The molecule has 1 aromatic carbocycles. The second kappa shape index (κ2) is 9.43. The molecule has 8 heteroatoms. The van der Waals surface area contributed by atoms with Gasteiger partial charge in [0.15, 0.2) is 0 Å². The highest BCUT2D eigenvalue weighted by atomic mass is 35.5. The van der Waals surface area contributed by atoms with Crippen molar-refractivity contribution >= 4 is 34.8 Å². The van der Waals surface area contributed by atoms with Crippen LogP contribution in [0.2, 0.25) is 10.0 Å². The largest absolute Gasteiger partial charge is 0.368 e. The number of carbonyl (C=O) groups is 1. The van der Waals surface area contributed by atoms with Gasteiger partial charge in [0.25, 0.3) is 5.56 Å². The van der Waals surface area contributed by atoms with E-state index in [0.717, 1.165) is 32.2 Å². The quantitative estimate of drug-likeness (QED) is 0.720. The number of amides is 1. The molecule has 1 atom stereocenters. The van der Waals surface area contributed by atoms with Crippen LogP contribution in [-0.4, -0.2) is 35.3 Å². The van der Waals surface area contributed by atoms with Gasteiger partial charge in [-0.2, -0.15) is 9.78 Å². The lowest BCUT2D eigenvalue weighted by Crippen LogP contribution is -2.44. The Morgan fingerprint density at radius 3 is 2.75 bits per heavy atom. The van der Waals surface area contributed by atoms with Gasteiger partial charge in [-0.15, -0.1) is 0 Å². The van der Waals surface area contributed by atoms with Gasteiger partial charge in [0.1, 0.15) is 5.02 Å². The summed E-state index contributed by atoms with van der Waals surface area (Å²) in [5, 5.41) is 7.96. The Bertz CT molecular complexity index is 883. The van der Waals surface area contributed by atoms with Gasteiger partial charge in [0.2, 0.25) is 5.91 Å². The molecule has 1 fully saturated rings. The van der Waals surface area contributed by atoms with Crippen LogP contribution in [0.25, 0.3) is 5.69 Å². The summed E-state index contributed by atoms with van der Waals surface area (Å²) in [7, 11) is 0. The van der Waals surface area contributed by atoms with Crippen LogP contribution in [0.3, 0.4) is 0 Å². The molecule has 6 nitrogen and oxygen atoms in total. The predicted molar refractivity (Wildman–Crippen MR) is 113 cm³/mol. The molecule has 1 unspecified atom stereocenters. The summed E-state index contributed by atoms with van der Waals surface area (Å²) >= 11 is 12.3. The molecule has 1 aromatic heterocycles. The molecule has 28 heavy (non-hydrogen) atoms. The number of nitrogens with zero attached hydrogens (tertiary/aromatic N) is 3. The summed E-state index contributed by atoms with van der Waals surface area (Å²) in [5.74, 6) is -0.0443. The smallest absolute Gasteiger partial charge is 0.292 e. The Morgan fingerprint density at radius 2 is 2.04 bits per heavy atom. The predicted octanol–water partition coefficient (Wildman–Crippen LogP) is 3.67. The van der Waals surface area contributed by atoms with Gasteiger partial charge < -0.3 is 10.2 Å². The molecule has 0 spiro atoms. The normalized spacial score (nSPS) is 16.8. The van der Waals surface area contributed by atoms with E-state index in [-0.39, 0.29) is 16.8 Å². The zero-order chi connectivity index (χ0) is 20.1. The fraction of sp³-hybridized carbons (Fsp3) is 0.450. The van der Waals surface area contributed by atoms with Crippen LogP contribution < -0.4 is 15.8 Å². The van der Waals surface area contributed by atoms with Gasteiger partial charge in [-0.1, -0.05) is 36.5 Å². The van der Waals surface area contributed by atoms with E-state index in [1.807, 2.05) is 4.90 Å². The lowest BCUT2D eigenvalue weighted by atomic mass is 9.96. The molecule has 2 heterocycles. The summed E-state index contributed by atoms with van der Waals surface area (Å²) in [6.45, 7) is 4.06. The lowest BCUT2D eigenvalue weighted by molar-refractivity contribution is -0.125. The molecule has 150 valence electrons. The topological polar surface area (TPSA) is 67.2 Å². The van der Waals surface area contributed by atoms with E-state index in [0.29, 0.717) is 29.5 Å². The molecule has 0 radical (unpaired) electrons. The van der Waals surface area contributed by atoms with Gasteiger partial charge in [-0.05, 0) is 43.5 Å². The van der Waals surface area contributed by atoms with Gasteiger partial charge in [-0.25, -0.2) is 0 Å². The van der Waals surface area contributed by atoms with Crippen molar-refractivity contribution < 1.29 is 4.79 Å². The van der Waals surface area contributed by atoms with Crippen molar-refractivity contribution in [1.82, 2.24) is 15.1 Å². The van der Waals surface area contributed by atoms with E-state index < -0.39 is 5.56 Å². The third kappa shape index (κ3) is 4.67. The van der Waals surface area contributed by atoms with Crippen molar-refractivity contribution in [3.63, 3.8) is 0 Å². The van der Waals surface area contributed by atoms with E-state index in [1.165, 1.54) is 4.68 Å². The first-order chi connectivity index (χ1) is 13.5. The number of hydrogen-bond donors (Lipinski definition) is 1. The fourth-order valence-electron chi connectivity index (χ4n) is 3.35. The van der Waals surface area contributed by atoms with E-state index in [2.05, 4.69) is 17.3 Å². The summed E-state index contributed by atoms with van der Waals surface area (Å²) in [4.78, 5) is 27.1. The SMILES string of the molecule is CCCCNC(=O)C1CCCN(c2cnn(-c3ccc(Cl)cc3)c(=O)c2Cl)C1. The number of hydrogen-bond acceptors (Lipinski definition) is 4. The summed E-state index contributed by atoms with van der Waals surface area (Å²) < 4.78 is 1.25. The number of unbranched alkanes of at least 4 members (excludes halogenated alkanes) is 1. The van der Waals surface area contributed by atoms with E-state index in [9.17, 15) is 9.59 Å². The second-order valence-corrected chi connectivity index (χ2v) is 7.78. The van der Waals surface area contributed by atoms with Crippen molar-refractivity contribution in [2.45, 2.75) is 32.6 Å². The van der Waals surface area contributed by atoms with Crippen molar-refractivity contribution in [3.8, 4) is 5.69 Å². The number of piperidine rings is 1.